The predicted octanol–water partition coefficient (Wildman–Crippen LogP) is 5.14. The minimum atomic E-state index is 0.633. The largest absolute Gasteiger partial charge is 0.0991 e. The van der Waals surface area contributed by atoms with Gasteiger partial charge < -0.3 is 0 Å². The normalized spacial score (nSPS) is 16.3. The van der Waals surface area contributed by atoms with Crippen molar-refractivity contribution in [1.29, 1.82) is 0 Å². The summed E-state index contributed by atoms with van der Waals surface area (Å²) >= 11 is 0. The van der Waals surface area contributed by atoms with Crippen molar-refractivity contribution in [3.8, 4) is 0 Å². The molecule has 0 N–H and O–H groups in total. The van der Waals surface area contributed by atoms with Crippen LogP contribution in [0.2, 0.25) is 0 Å². The summed E-state index contributed by atoms with van der Waals surface area (Å²) in [6.07, 6.45) is 5.18. The molecule has 0 saturated heterocycles. The van der Waals surface area contributed by atoms with Crippen molar-refractivity contribution in [3.05, 3.63) is 35.5 Å². The molecule has 1 atom stereocenters. The summed E-state index contributed by atoms with van der Waals surface area (Å²) in [5.41, 5.74) is 4.38. The van der Waals surface area contributed by atoms with E-state index in [1.54, 1.807) is 5.57 Å². The molecule has 0 aliphatic rings. The van der Waals surface area contributed by atoms with Crippen molar-refractivity contribution >= 4 is 0 Å². The molecular formula is C15H26. The van der Waals surface area contributed by atoms with E-state index in [4.69, 9.17) is 0 Å². The molecular weight excluding hydrogens is 180 g/mol. The minimum Gasteiger partial charge on any atom is -0.0991 e. The van der Waals surface area contributed by atoms with Crippen molar-refractivity contribution in [2.75, 3.05) is 0 Å². The Hall–Kier alpha value is -0.780. The highest BCUT2D eigenvalue weighted by Crippen LogP contribution is 2.29. The first-order valence-electron chi connectivity index (χ1n) is 5.96. The minimum absolute atomic E-state index is 0.633. The Morgan fingerprint density at radius 2 is 1.73 bits per heavy atom. The van der Waals surface area contributed by atoms with Crippen LogP contribution in [-0.2, 0) is 0 Å². The Kier molecular flexibility index (Phi) is 6.31. The molecule has 0 fully saturated rings. The average Bonchev–Trinajstić information content (AvgIpc) is 2.17. The Morgan fingerprint density at radius 3 is 2.07 bits per heavy atom. The van der Waals surface area contributed by atoms with Crippen LogP contribution in [-0.4, -0.2) is 0 Å². The molecule has 1 unspecified atom stereocenters. The number of hydrogen-bond donors (Lipinski definition) is 0. The Balaban J connectivity index is 5.26. The third-order valence-electron chi connectivity index (χ3n) is 3.16. The van der Waals surface area contributed by atoms with Crippen LogP contribution in [0.5, 0.6) is 0 Å². The van der Waals surface area contributed by atoms with Gasteiger partial charge in [-0.3, -0.25) is 0 Å². The fourth-order valence-electron chi connectivity index (χ4n) is 2.12. The highest BCUT2D eigenvalue weighted by atomic mass is 14.2. The van der Waals surface area contributed by atoms with Gasteiger partial charge in [0.2, 0.25) is 0 Å². The third kappa shape index (κ3) is 4.07. The lowest BCUT2D eigenvalue weighted by Crippen LogP contribution is -2.08. The zero-order valence-electron chi connectivity index (χ0n) is 11.2. The van der Waals surface area contributed by atoms with E-state index in [0.717, 1.165) is 0 Å². The molecule has 0 aliphatic heterocycles. The second kappa shape index (κ2) is 6.66. The summed E-state index contributed by atoms with van der Waals surface area (Å²) in [6, 6.07) is 0. The number of hydrogen-bond acceptors (Lipinski definition) is 0. The lowest BCUT2D eigenvalue weighted by Gasteiger charge is -2.22. The highest BCUT2D eigenvalue weighted by molar-refractivity contribution is 5.35. The maximum Gasteiger partial charge on any atom is -0.0226 e. The zero-order chi connectivity index (χ0) is 12.0. The standard InChI is InChI=1S/C15H26/c1-8-10-13(6)14(7)15(11(3)4)12(5)9-2/h8,10-12H,1,9H2,2-7H3/b13-10-,15-14-. The van der Waals surface area contributed by atoms with Crippen LogP contribution in [0.15, 0.2) is 35.5 Å². The molecule has 0 aromatic rings. The number of rotatable bonds is 5. The van der Waals surface area contributed by atoms with Gasteiger partial charge in [-0.05, 0) is 43.3 Å². The smallest absolute Gasteiger partial charge is 0.0226 e. The molecule has 0 nitrogen and oxygen atoms in total. The van der Waals surface area contributed by atoms with Crippen molar-refractivity contribution in [2.24, 2.45) is 11.8 Å². The van der Waals surface area contributed by atoms with Crippen LogP contribution in [0, 0.1) is 11.8 Å². The second-order valence-electron chi connectivity index (χ2n) is 4.63. The van der Waals surface area contributed by atoms with E-state index in [2.05, 4.69) is 54.2 Å². The van der Waals surface area contributed by atoms with Crippen LogP contribution in [0.3, 0.4) is 0 Å². The molecule has 0 heteroatoms. The van der Waals surface area contributed by atoms with E-state index in [1.165, 1.54) is 17.6 Å². The molecule has 0 radical (unpaired) electrons. The molecule has 0 bridgehead atoms. The lowest BCUT2D eigenvalue weighted by atomic mass is 9.84. The monoisotopic (exact) mass is 206 g/mol. The SMILES string of the molecule is C=C/C=C(C)\C(C)=C(\C(C)C)C(C)CC. The highest BCUT2D eigenvalue weighted by Gasteiger charge is 2.14. The van der Waals surface area contributed by atoms with Gasteiger partial charge in [0.1, 0.15) is 0 Å². The van der Waals surface area contributed by atoms with E-state index < -0.39 is 0 Å². The Morgan fingerprint density at radius 1 is 1.20 bits per heavy atom. The van der Waals surface area contributed by atoms with E-state index in [9.17, 15) is 0 Å². The fraction of sp³-hybridized carbons (Fsp3) is 0.600. The first kappa shape index (κ1) is 14.2. The lowest BCUT2D eigenvalue weighted by molar-refractivity contribution is 0.561. The molecule has 0 aromatic carbocycles. The van der Waals surface area contributed by atoms with E-state index in [0.29, 0.717) is 11.8 Å². The molecule has 0 heterocycles. The first-order valence-corrected chi connectivity index (χ1v) is 5.96. The van der Waals surface area contributed by atoms with Gasteiger partial charge in [0.25, 0.3) is 0 Å². The van der Waals surface area contributed by atoms with Crippen LogP contribution in [0.25, 0.3) is 0 Å². The van der Waals surface area contributed by atoms with Gasteiger partial charge in [-0.2, -0.15) is 0 Å². The van der Waals surface area contributed by atoms with Crippen molar-refractivity contribution < 1.29 is 0 Å². The van der Waals surface area contributed by atoms with Crippen LogP contribution >= 0.6 is 0 Å². The summed E-state index contributed by atoms with van der Waals surface area (Å²) in [4.78, 5) is 0. The van der Waals surface area contributed by atoms with E-state index in [-0.39, 0.29) is 0 Å². The molecule has 0 spiro atoms. The second-order valence-corrected chi connectivity index (χ2v) is 4.63. The van der Waals surface area contributed by atoms with Crippen molar-refractivity contribution in [1.82, 2.24) is 0 Å². The maximum atomic E-state index is 3.75. The third-order valence-corrected chi connectivity index (χ3v) is 3.16. The van der Waals surface area contributed by atoms with Crippen LogP contribution in [0.1, 0.15) is 48.0 Å². The van der Waals surface area contributed by atoms with E-state index in [1.807, 2.05) is 6.08 Å². The van der Waals surface area contributed by atoms with E-state index >= 15 is 0 Å². The van der Waals surface area contributed by atoms with Gasteiger partial charge in [-0.25, -0.2) is 0 Å². The van der Waals surface area contributed by atoms with Crippen LogP contribution in [0.4, 0.5) is 0 Å². The van der Waals surface area contributed by atoms with Gasteiger partial charge in [0.05, 0.1) is 0 Å². The predicted molar refractivity (Wildman–Crippen MR) is 70.9 cm³/mol. The quantitative estimate of drug-likeness (QED) is 0.546. The number of allylic oxidation sites excluding steroid dienone is 5. The summed E-state index contributed by atoms with van der Waals surface area (Å²) in [5.74, 6) is 1.31. The first-order chi connectivity index (χ1) is 6.95. The summed E-state index contributed by atoms with van der Waals surface area (Å²) in [5, 5.41) is 0. The van der Waals surface area contributed by atoms with Gasteiger partial charge >= 0.3 is 0 Å². The Bertz CT molecular complexity index is 264. The summed E-state index contributed by atoms with van der Waals surface area (Å²) in [6.45, 7) is 17.3. The zero-order valence-corrected chi connectivity index (χ0v) is 11.2. The van der Waals surface area contributed by atoms with Crippen molar-refractivity contribution in [2.45, 2.75) is 48.0 Å². The molecule has 0 aromatic heterocycles. The topological polar surface area (TPSA) is 0 Å². The van der Waals surface area contributed by atoms with Crippen LogP contribution < -0.4 is 0 Å². The van der Waals surface area contributed by atoms with Gasteiger partial charge in [-0.1, -0.05) is 52.0 Å². The summed E-state index contributed by atoms with van der Waals surface area (Å²) in [7, 11) is 0. The molecule has 15 heavy (non-hydrogen) atoms. The van der Waals surface area contributed by atoms with Crippen molar-refractivity contribution in [3.63, 3.8) is 0 Å². The van der Waals surface area contributed by atoms with Gasteiger partial charge in [0.15, 0.2) is 0 Å². The van der Waals surface area contributed by atoms with Gasteiger partial charge in [0, 0.05) is 0 Å². The molecule has 0 aliphatic carbocycles. The molecule has 0 amide bonds. The Labute approximate surface area is 95.8 Å². The fourth-order valence-corrected chi connectivity index (χ4v) is 2.12. The molecule has 86 valence electrons. The van der Waals surface area contributed by atoms with Gasteiger partial charge in [-0.15, -0.1) is 0 Å². The maximum absolute atomic E-state index is 3.75. The molecule has 0 rings (SSSR count). The average molecular weight is 206 g/mol. The summed E-state index contributed by atoms with van der Waals surface area (Å²) < 4.78 is 0. The molecule has 0 saturated carbocycles.